The summed E-state index contributed by atoms with van der Waals surface area (Å²) in [5.74, 6) is -1.50. The number of ketones is 1. The Kier molecular flexibility index (Phi) is 6.72. The second-order valence-corrected chi connectivity index (χ2v) is 10.9. The van der Waals surface area contributed by atoms with Crippen LogP contribution in [0.15, 0.2) is 65.6 Å². The number of fused-ring (bicyclic) bond motifs is 2. The molecule has 2 aromatic heterocycles. The van der Waals surface area contributed by atoms with Crippen molar-refractivity contribution in [2.45, 2.75) is 46.1 Å². The highest BCUT2D eigenvalue weighted by Gasteiger charge is 2.35. The molecule has 39 heavy (non-hydrogen) atoms. The van der Waals surface area contributed by atoms with Crippen molar-refractivity contribution in [3.8, 4) is 5.69 Å². The molecule has 1 amide bonds. The van der Waals surface area contributed by atoms with E-state index in [0.29, 0.717) is 29.8 Å². The number of esters is 1. The lowest BCUT2D eigenvalue weighted by Gasteiger charge is -2.32. The summed E-state index contributed by atoms with van der Waals surface area (Å²) < 4.78 is 6.44. The zero-order chi connectivity index (χ0) is 27.9. The minimum atomic E-state index is -1.04. The van der Waals surface area contributed by atoms with Crippen LogP contribution in [0.4, 0.5) is 0 Å². The number of benzene rings is 2. The van der Waals surface area contributed by atoms with Gasteiger partial charge in [-0.1, -0.05) is 49.7 Å². The molecule has 8 heteroatoms. The van der Waals surface area contributed by atoms with Crippen LogP contribution < -0.4 is 10.9 Å². The first-order chi connectivity index (χ1) is 18.6. The molecule has 200 valence electrons. The molecule has 0 fully saturated rings. The van der Waals surface area contributed by atoms with E-state index in [1.165, 1.54) is 17.7 Å². The topological polar surface area (TPSA) is 110 Å². The van der Waals surface area contributed by atoms with Crippen LogP contribution in [-0.4, -0.2) is 40.4 Å². The first-order valence-electron chi connectivity index (χ1n) is 12.9. The monoisotopic (exact) mass is 525 g/mol. The van der Waals surface area contributed by atoms with Crippen molar-refractivity contribution >= 4 is 28.6 Å². The zero-order valence-corrected chi connectivity index (χ0v) is 22.5. The lowest BCUT2D eigenvalue weighted by atomic mass is 9.75. The number of aromatic amines is 1. The minimum absolute atomic E-state index is 0.125. The van der Waals surface area contributed by atoms with E-state index < -0.39 is 23.5 Å². The highest BCUT2D eigenvalue weighted by molar-refractivity contribution is 6.03. The van der Waals surface area contributed by atoms with Crippen LogP contribution in [0.5, 0.6) is 0 Å². The van der Waals surface area contributed by atoms with E-state index in [1.54, 1.807) is 18.3 Å². The Morgan fingerprint density at radius 2 is 1.79 bits per heavy atom. The predicted octanol–water partition coefficient (Wildman–Crippen LogP) is 4.30. The Bertz CT molecular complexity index is 1660. The first kappa shape index (κ1) is 26.2. The second-order valence-electron chi connectivity index (χ2n) is 10.9. The van der Waals surface area contributed by atoms with Gasteiger partial charge in [0, 0.05) is 46.9 Å². The van der Waals surface area contributed by atoms with Crippen molar-refractivity contribution in [1.29, 1.82) is 0 Å². The van der Waals surface area contributed by atoms with Crippen LogP contribution in [0.2, 0.25) is 0 Å². The number of amides is 1. The number of carbonyl (C=O) groups is 3. The van der Waals surface area contributed by atoms with Gasteiger partial charge in [0.05, 0.1) is 7.11 Å². The van der Waals surface area contributed by atoms with E-state index in [4.69, 9.17) is 4.74 Å². The van der Waals surface area contributed by atoms with Crippen molar-refractivity contribution in [2.75, 3.05) is 7.11 Å². The van der Waals surface area contributed by atoms with Gasteiger partial charge < -0.3 is 15.0 Å². The van der Waals surface area contributed by atoms with E-state index in [0.717, 1.165) is 22.0 Å². The van der Waals surface area contributed by atoms with Crippen molar-refractivity contribution < 1.29 is 19.1 Å². The Hall–Kier alpha value is -4.46. The Morgan fingerprint density at radius 3 is 2.51 bits per heavy atom. The minimum Gasteiger partial charge on any atom is -0.467 e. The summed E-state index contributed by atoms with van der Waals surface area (Å²) in [4.78, 5) is 56.6. The quantitative estimate of drug-likeness (QED) is 0.365. The van der Waals surface area contributed by atoms with E-state index >= 15 is 0 Å². The molecule has 1 unspecified atom stereocenters. The van der Waals surface area contributed by atoms with E-state index in [1.807, 2.05) is 57.2 Å². The van der Waals surface area contributed by atoms with Crippen LogP contribution in [0.1, 0.15) is 57.8 Å². The Labute approximate surface area is 226 Å². The summed E-state index contributed by atoms with van der Waals surface area (Å²) in [6, 6.07) is 15.4. The number of ether oxygens (including phenoxy) is 1. The van der Waals surface area contributed by atoms with Gasteiger partial charge in [-0.2, -0.15) is 0 Å². The van der Waals surface area contributed by atoms with Gasteiger partial charge in [0.2, 0.25) is 0 Å². The van der Waals surface area contributed by atoms with Crippen LogP contribution >= 0.6 is 0 Å². The molecule has 0 saturated carbocycles. The molecule has 1 atom stereocenters. The van der Waals surface area contributed by atoms with Gasteiger partial charge in [0.15, 0.2) is 5.78 Å². The number of aromatic nitrogens is 2. The Balaban J connectivity index is 1.57. The van der Waals surface area contributed by atoms with Gasteiger partial charge in [0.25, 0.3) is 11.5 Å². The van der Waals surface area contributed by atoms with Crippen LogP contribution in [0.25, 0.3) is 16.6 Å². The summed E-state index contributed by atoms with van der Waals surface area (Å²) in [6.45, 7) is 5.92. The maximum absolute atomic E-state index is 13.9. The number of nitrogens with one attached hydrogen (secondary N) is 2. The molecule has 0 bridgehead atoms. The molecule has 1 aliphatic carbocycles. The fourth-order valence-corrected chi connectivity index (χ4v) is 5.34. The molecule has 1 aliphatic rings. The maximum Gasteiger partial charge on any atom is 0.328 e. The third-order valence-corrected chi connectivity index (χ3v) is 7.32. The number of carbonyl (C=O) groups excluding carboxylic acids is 3. The van der Waals surface area contributed by atoms with Gasteiger partial charge >= 0.3 is 5.97 Å². The van der Waals surface area contributed by atoms with Crippen molar-refractivity contribution in [2.24, 2.45) is 5.41 Å². The molecule has 2 N–H and O–H groups in total. The average molecular weight is 526 g/mol. The van der Waals surface area contributed by atoms with E-state index in [9.17, 15) is 19.2 Å². The molecule has 0 spiro atoms. The van der Waals surface area contributed by atoms with Gasteiger partial charge in [-0.05, 0) is 48.6 Å². The van der Waals surface area contributed by atoms with Crippen LogP contribution in [-0.2, 0) is 22.4 Å². The fraction of sp³-hybridized carbons (Fsp3) is 0.290. The number of hydrogen-bond donors (Lipinski definition) is 2. The predicted molar refractivity (Wildman–Crippen MR) is 148 cm³/mol. The van der Waals surface area contributed by atoms with Gasteiger partial charge in [0.1, 0.15) is 11.6 Å². The largest absolute Gasteiger partial charge is 0.467 e. The third kappa shape index (κ3) is 5.02. The molecule has 5 rings (SSSR count). The maximum atomic E-state index is 13.9. The molecule has 4 aromatic rings. The number of hydrogen-bond acceptors (Lipinski definition) is 5. The molecular weight excluding hydrogens is 494 g/mol. The second kappa shape index (κ2) is 10.0. The van der Waals surface area contributed by atoms with Gasteiger partial charge in [-0.25, -0.2) is 4.79 Å². The van der Waals surface area contributed by atoms with Gasteiger partial charge in [-0.3, -0.25) is 19.0 Å². The smallest absolute Gasteiger partial charge is 0.328 e. The molecular formula is C31H31N3O5. The van der Waals surface area contributed by atoms with Crippen molar-refractivity contribution in [3.05, 3.63) is 99.1 Å². The van der Waals surface area contributed by atoms with Crippen LogP contribution in [0.3, 0.4) is 0 Å². The number of nitrogens with zero attached hydrogens (tertiary/aromatic N) is 1. The van der Waals surface area contributed by atoms with E-state index in [-0.39, 0.29) is 23.2 Å². The Morgan fingerprint density at radius 1 is 1.08 bits per heavy atom. The lowest BCUT2D eigenvalue weighted by Crippen LogP contribution is -2.46. The number of H-pyrrole nitrogens is 1. The fourth-order valence-electron chi connectivity index (χ4n) is 5.34. The molecule has 2 heterocycles. The standard InChI is InChI=1S/C31H31N3O5/c1-18-9-11-20(12-10-18)34-26-15-31(2,3)16-27(35)22(26)14-23(29(34)37)28(36)33-25(30(38)39-4)13-19-17-32-24-8-6-5-7-21(19)24/h5-12,14,17,25,32H,13,15-16H2,1-4H3,(H,33,36). The summed E-state index contributed by atoms with van der Waals surface area (Å²) >= 11 is 0. The molecule has 0 aliphatic heterocycles. The number of aryl methyl sites for hydroxylation is 1. The highest BCUT2D eigenvalue weighted by Crippen LogP contribution is 2.35. The summed E-state index contributed by atoms with van der Waals surface area (Å²) in [5.41, 5.74) is 3.18. The molecule has 8 nitrogen and oxygen atoms in total. The zero-order valence-electron chi connectivity index (χ0n) is 22.5. The molecule has 0 radical (unpaired) electrons. The number of methoxy groups -OCH3 is 1. The number of para-hydroxylation sites is 1. The summed E-state index contributed by atoms with van der Waals surface area (Å²) in [7, 11) is 1.25. The average Bonchev–Trinajstić information content (AvgIpc) is 3.30. The SMILES string of the molecule is COC(=O)C(Cc1c[nH]c2ccccc12)NC(=O)c1cc2c(n(-c3ccc(C)cc3)c1=O)CC(C)(C)CC2=O. The number of rotatable bonds is 6. The number of pyridine rings is 1. The lowest BCUT2D eigenvalue weighted by molar-refractivity contribution is -0.142. The van der Waals surface area contributed by atoms with Gasteiger partial charge in [-0.15, -0.1) is 0 Å². The number of Topliss-reactive ketones (excluding diaryl/α,β-unsaturated/α-hetero) is 1. The highest BCUT2D eigenvalue weighted by atomic mass is 16.5. The van der Waals surface area contributed by atoms with Crippen LogP contribution in [0, 0.1) is 12.3 Å². The first-order valence-corrected chi connectivity index (χ1v) is 12.9. The van der Waals surface area contributed by atoms with Crippen molar-refractivity contribution in [1.82, 2.24) is 14.9 Å². The normalized spacial score (nSPS) is 15.0. The van der Waals surface area contributed by atoms with E-state index in [2.05, 4.69) is 10.3 Å². The molecule has 2 aromatic carbocycles. The van der Waals surface area contributed by atoms with Crippen molar-refractivity contribution in [3.63, 3.8) is 0 Å². The molecule has 0 saturated heterocycles. The summed E-state index contributed by atoms with van der Waals surface area (Å²) in [5, 5.41) is 3.62. The third-order valence-electron chi connectivity index (χ3n) is 7.32. The summed E-state index contributed by atoms with van der Waals surface area (Å²) in [6.07, 6.45) is 2.76.